The third kappa shape index (κ3) is 83.5. The topological polar surface area (TPSA) is 0 Å². The quantitative estimate of drug-likeness (QED) is 0.288. The summed E-state index contributed by atoms with van der Waals surface area (Å²) in [7, 11) is 0. The molecule has 7 heavy (non-hydrogen) atoms. The van der Waals surface area contributed by atoms with E-state index in [1.807, 2.05) is 6.92 Å². The van der Waals surface area contributed by atoms with E-state index in [0.29, 0.717) is 0 Å². The summed E-state index contributed by atoms with van der Waals surface area (Å²) in [6.45, 7) is 1.99. The van der Waals surface area contributed by atoms with Crippen LogP contribution in [-0.4, -0.2) is 23.1 Å². The van der Waals surface area contributed by atoms with Crippen molar-refractivity contribution >= 4 is 30.0 Å². The molecule has 0 aromatic rings. The van der Waals surface area contributed by atoms with Crippen LogP contribution in [0.25, 0.3) is 0 Å². The SMILES string of the molecule is CCS.[Al+3].[Cl-].[Cl-].[Cl-]. The van der Waals surface area contributed by atoms with Crippen LogP contribution in [0.3, 0.4) is 0 Å². The van der Waals surface area contributed by atoms with E-state index in [1.54, 1.807) is 0 Å². The molecule has 0 unspecified atom stereocenters. The Morgan fingerprint density at radius 3 is 1.14 bits per heavy atom. The number of halogens is 3. The summed E-state index contributed by atoms with van der Waals surface area (Å²) in [6, 6.07) is 0. The van der Waals surface area contributed by atoms with Gasteiger partial charge in [0.25, 0.3) is 0 Å². The predicted octanol–water partition coefficient (Wildman–Crippen LogP) is -8.43. The second-order valence-electron chi connectivity index (χ2n) is 0.316. The van der Waals surface area contributed by atoms with E-state index in [9.17, 15) is 0 Å². The Balaban J connectivity index is -0.00000000333. The third-order valence-corrected chi connectivity index (χ3v) is 0. The molecule has 0 N–H and O–H groups in total. The molecule has 0 aromatic heterocycles. The van der Waals surface area contributed by atoms with E-state index in [4.69, 9.17) is 0 Å². The summed E-state index contributed by atoms with van der Waals surface area (Å²) in [4.78, 5) is 0. The number of rotatable bonds is 0. The van der Waals surface area contributed by atoms with Crippen molar-refractivity contribution in [3.05, 3.63) is 0 Å². The van der Waals surface area contributed by atoms with Crippen molar-refractivity contribution in [2.24, 2.45) is 0 Å². The normalized spacial score (nSPS) is 2.57. The van der Waals surface area contributed by atoms with Gasteiger partial charge in [0.15, 0.2) is 0 Å². The van der Waals surface area contributed by atoms with Gasteiger partial charge < -0.3 is 37.2 Å². The second kappa shape index (κ2) is 46.7. The van der Waals surface area contributed by atoms with Gasteiger partial charge in [0.2, 0.25) is 0 Å². The van der Waals surface area contributed by atoms with Crippen LogP contribution in [0.2, 0.25) is 0 Å². The molecule has 5 heteroatoms. The van der Waals surface area contributed by atoms with Gasteiger partial charge >= 0.3 is 17.4 Å². The molecular weight excluding hydrogens is 189 g/mol. The smallest absolute Gasteiger partial charge is 1.00 e. The molecule has 0 rings (SSSR count). The molecule has 0 fully saturated rings. The summed E-state index contributed by atoms with van der Waals surface area (Å²) in [5, 5.41) is 0. The van der Waals surface area contributed by atoms with Crippen molar-refractivity contribution in [2.75, 3.05) is 5.75 Å². The molecule has 0 spiro atoms. The Bertz CT molecular complexity index is 12.9. The van der Waals surface area contributed by atoms with Gasteiger partial charge in [-0.15, -0.1) is 0 Å². The van der Waals surface area contributed by atoms with Crippen molar-refractivity contribution in [1.82, 2.24) is 0 Å². The first-order chi connectivity index (χ1) is 1.41. The summed E-state index contributed by atoms with van der Waals surface area (Å²) >= 11 is 3.79. The molecule has 0 radical (unpaired) electrons. The minimum Gasteiger partial charge on any atom is -1.00 e. The van der Waals surface area contributed by atoms with E-state index in [2.05, 4.69) is 12.6 Å². The maximum atomic E-state index is 3.79. The molecule has 0 aromatic carbocycles. The van der Waals surface area contributed by atoms with Gasteiger partial charge in [-0.1, -0.05) is 6.92 Å². The summed E-state index contributed by atoms with van der Waals surface area (Å²) in [5.74, 6) is 0.944. The fourth-order valence-electron chi connectivity index (χ4n) is 0. The van der Waals surface area contributed by atoms with Crippen molar-refractivity contribution in [3.63, 3.8) is 0 Å². The van der Waals surface area contributed by atoms with Crippen LogP contribution in [0.5, 0.6) is 0 Å². The van der Waals surface area contributed by atoms with Crippen molar-refractivity contribution < 1.29 is 37.2 Å². The van der Waals surface area contributed by atoms with Gasteiger partial charge in [-0.3, -0.25) is 0 Å². The van der Waals surface area contributed by atoms with Gasteiger partial charge in [-0.25, -0.2) is 0 Å². The van der Waals surface area contributed by atoms with Crippen LogP contribution in [0, 0.1) is 0 Å². The molecule has 0 aliphatic rings. The fraction of sp³-hybridized carbons (Fsp3) is 1.00. The molecule has 0 aliphatic carbocycles. The minimum absolute atomic E-state index is 0. The zero-order valence-electron chi connectivity index (χ0n) is 3.87. The molecule has 0 saturated heterocycles. The zero-order chi connectivity index (χ0) is 2.71. The molecule has 0 amide bonds. The minimum atomic E-state index is 0. The molecule has 0 heterocycles. The van der Waals surface area contributed by atoms with Gasteiger partial charge in [-0.2, -0.15) is 12.6 Å². The Hall–Kier alpha value is 1.75. The van der Waals surface area contributed by atoms with Gasteiger partial charge in [0.05, 0.1) is 0 Å². The van der Waals surface area contributed by atoms with Gasteiger partial charge in [-0.05, 0) is 5.75 Å². The number of hydrogen-bond acceptors (Lipinski definition) is 1. The van der Waals surface area contributed by atoms with Crippen LogP contribution < -0.4 is 37.2 Å². The van der Waals surface area contributed by atoms with Gasteiger partial charge in [0.1, 0.15) is 0 Å². The van der Waals surface area contributed by atoms with E-state index < -0.39 is 0 Å². The van der Waals surface area contributed by atoms with Crippen LogP contribution >= 0.6 is 12.6 Å². The Kier molecular flexibility index (Phi) is 249. The number of thiol groups is 1. The standard InChI is InChI=1S/C2H6S.Al.3ClH/c1-2-3;;;;/h3H,2H2,1H3;;3*1H/q;+3;;;/p-3. The molecule has 0 nitrogen and oxygen atoms in total. The Labute approximate surface area is 79.6 Å². The van der Waals surface area contributed by atoms with Crippen LogP contribution in [0.4, 0.5) is 0 Å². The Morgan fingerprint density at radius 1 is 1.14 bits per heavy atom. The summed E-state index contributed by atoms with van der Waals surface area (Å²) in [5.41, 5.74) is 0. The molecular formula is C2H6AlCl3S. The molecule has 44 valence electrons. The van der Waals surface area contributed by atoms with E-state index in [-0.39, 0.29) is 54.6 Å². The summed E-state index contributed by atoms with van der Waals surface area (Å²) < 4.78 is 0. The second-order valence-corrected chi connectivity index (χ2v) is 0.949. The maximum Gasteiger partial charge on any atom is 3.00 e. The van der Waals surface area contributed by atoms with Crippen molar-refractivity contribution in [2.45, 2.75) is 6.92 Å². The first-order valence-electron chi connectivity index (χ1n) is 1.02. The van der Waals surface area contributed by atoms with E-state index in [0.717, 1.165) is 5.75 Å². The summed E-state index contributed by atoms with van der Waals surface area (Å²) in [6.07, 6.45) is 0. The maximum absolute atomic E-state index is 3.79. The fourth-order valence-corrected chi connectivity index (χ4v) is 0. The monoisotopic (exact) mass is 194 g/mol. The third-order valence-electron chi connectivity index (χ3n) is 0. The van der Waals surface area contributed by atoms with Crippen LogP contribution in [-0.2, 0) is 0 Å². The van der Waals surface area contributed by atoms with Crippen molar-refractivity contribution in [3.8, 4) is 0 Å². The molecule has 0 aliphatic heterocycles. The van der Waals surface area contributed by atoms with Crippen LogP contribution in [0.1, 0.15) is 6.92 Å². The number of hydrogen-bond donors (Lipinski definition) is 1. The first-order valence-corrected chi connectivity index (χ1v) is 1.66. The first kappa shape index (κ1) is 37.4. The average molecular weight is 195 g/mol. The van der Waals surface area contributed by atoms with E-state index >= 15 is 0 Å². The molecule has 0 saturated carbocycles. The van der Waals surface area contributed by atoms with Gasteiger partial charge in [0, 0.05) is 0 Å². The predicted molar refractivity (Wildman–Crippen MR) is 25.3 cm³/mol. The molecule has 0 bridgehead atoms. The van der Waals surface area contributed by atoms with Crippen LogP contribution in [0.15, 0.2) is 0 Å². The van der Waals surface area contributed by atoms with Crippen molar-refractivity contribution in [1.29, 1.82) is 0 Å². The molecule has 0 atom stereocenters. The Morgan fingerprint density at radius 2 is 1.14 bits per heavy atom. The van der Waals surface area contributed by atoms with E-state index in [1.165, 1.54) is 0 Å². The average Bonchev–Trinajstić information content (AvgIpc) is 0.918. The largest absolute Gasteiger partial charge is 3.00 e. The zero-order valence-corrected chi connectivity index (χ0v) is 8.18.